The normalized spacial score (nSPS) is 10.3. The van der Waals surface area contributed by atoms with Crippen LogP contribution in [0.25, 0.3) is 0 Å². The van der Waals surface area contributed by atoms with Crippen molar-refractivity contribution in [3.8, 4) is 18.1 Å². The van der Waals surface area contributed by atoms with Crippen LogP contribution >= 0.6 is 11.3 Å². The zero-order valence-corrected chi connectivity index (χ0v) is 13.9. The maximum Gasteiger partial charge on any atom is 0.234 e. The van der Waals surface area contributed by atoms with Gasteiger partial charge in [-0.05, 0) is 24.6 Å². The minimum absolute atomic E-state index is 0.00271. The molecule has 4 nitrogen and oxygen atoms in total. The van der Waals surface area contributed by atoms with Crippen LogP contribution in [0, 0.1) is 12.3 Å². The maximum atomic E-state index is 12.0. The summed E-state index contributed by atoms with van der Waals surface area (Å²) >= 11 is 1.63. The van der Waals surface area contributed by atoms with E-state index in [2.05, 4.69) is 11.2 Å². The first kappa shape index (κ1) is 17.1. The Morgan fingerprint density at radius 1 is 1.35 bits per heavy atom. The smallest absolute Gasteiger partial charge is 0.234 e. The molecule has 0 aliphatic heterocycles. The molecule has 1 heterocycles. The zero-order chi connectivity index (χ0) is 16.5. The van der Waals surface area contributed by atoms with E-state index in [1.807, 2.05) is 53.7 Å². The van der Waals surface area contributed by atoms with Crippen molar-refractivity contribution in [2.24, 2.45) is 0 Å². The summed E-state index contributed by atoms with van der Waals surface area (Å²) in [5.41, 5.74) is 1.01. The summed E-state index contributed by atoms with van der Waals surface area (Å²) in [4.78, 5) is 15.1. The van der Waals surface area contributed by atoms with E-state index in [1.165, 1.54) is 0 Å². The van der Waals surface area contributed by atoms with Gasteiger partial charge in [0.25, 0.3) is 0 Å². The first-order valence-electron chi connectivity index (χ1n) is 7.31. The molecule has 0 saturated carbocycles. The SMILES string of the molecule is C#CCOc1ccccc1CN(C)CC(=O)NCc1cccs1. The molecule has 0 unspecified atom stereocenters. The number of para-hydroxylation sites is 1. The number of amides is 1. The van der Waals surface area contributed by atoms with Crippen LogP contribution in [0.1, 0.15) is 10.4 Å². The quantitative estimate of drug-likeness (QED) is 0.757. The van der Waals surface area contributed by atoms with Gasteiger partial charge in [0.05, 0.1) is 13.1 Å². The Labute approximate surface area is 141 Å². The van der Waals surface area contributed by atoms with Gasteiger partial charge in [0.15, 0.2) is 0 Å². The van der Waals surface area contributed by atoms with E-state index >= 15 is 0 Å². The van der Waals surface area contributed by atoms with Gasteiger partial charge in [0, 0.05) is 17.0 Å². The van der Waals surface area contributed by atoms with Gasteiger partial charge in [-0.1, -0.05) is 30.2 Å². The Kier molecular flexibility index (Phi) is 6.67. The maximum absolute atomic E-state index is 12.0. The van der Waals surface area contributed by atoms with E-state index in [0.29, 0.717) is 19.6 Å². The van der Waals surface area contributed by atoms with Gasteiger partial charge in [-0.15, -0.1) is 17.8 Å². The summed E-state index contributed by atoms with van der Waals surface area (Å²) in [6.07, 6.45) is 5.23. The lowest BCUT2D eigenvalue weighted by Gasteiger charge is -2.18. The van der Waals surface area contributed by atoms with Crippen molar-refractivity contribution in [3.63, 3.8) is 0 Å². The fraction of sp³-hybridized carbons (Fsp3) is 0.278. The van der Waals surface area contributed by atoms with Crippen molar-refractivity contribution in [2.75, 3.05) is 20.2 Å². The van der Waals surface area contributed by atoms with E-state index in [-0.39, 0.29) is 12.5 Å². The number of nitrogens with zero attached hydrogens (tertiary/aromatic N) is 1. The van der Waals surface area contributed by atoms with E-state index in [4.69, 9.17) is 11.2 Å². The number of carbonyl (C=O) groups is 1. The summed E-state index contributed by atoms with van der Waals surface area (Å²) in [6.45, 7) is 1.76. The van der Waals surface area contributed by atoms with Gasteiger partial charge >= 0.3 is 0 Å². The molecule has 1 aromatic carbocycles. The third-order valence-electron chi connectivity index (χ3n) is 3.18. The Bertz CT molecular complexity index is 662. The lowest BCUT2D eigenvalue weighted by atomic mass is 10.2. The second-order valence-corrected chi connectivity index (χ2v) is 6.16. The number of rotatable bonds is 8. The second kappa shape index (κ2) is 8.99. The molecule has 23 heavy (non-hydrogen) atoms. The van der Waals surface area contributed by atoms with Crippen LogP contribution in [0.5, 0.6) is 5.75 Å². The standard InChI is InChI=1S/C18H20N2O2S/c1-3-10-22-17-9-5-4-7-15(17)13-20(2)14-18(21)19-12-16-8-6-11-23-16/h1,4-9,11H,10,12-14H2,2H3,(H,19,21). The van der Waals surface area contributed by atoms with Gasteiger partial charge in [-0.3, -0.25) is 9.69 Å². The average Bonchev–Trinajstić information content (AvgIpc) is 3.05. The summed E-state index contributed by atoms with van der Waals surface area (Å²) in [6, 6.07) is 11.7. The van der Waals surface area contributed by atoms with E-state index < -0.39 is 0 Å². The molecule has 0 aliphatic carbocycles. The molecule has 1 amide bonds. The first-order chi connectivity index (χ1) is 11.2. The Hall–Kier alpha value is -2.29. The largest absolute Gasteiger partial charge is 0.481 e. The number of terminal acetylenes is 1. The fourth-order valence-corrected chi connectivity index (χ4v) is 2.79. The average molecular weight is 328 g/mol. The number of carbonyl (C=O) groups excluding carboxylic acids is 1. The summed E-state index contributed by atoms with van der Waals surface area (Å²) in [5, 5.41) is 4.92. The molecule has 120 valence electrons. The lowest BCUT2D eigenvalue weighted by molar-refractivity contribution is -0.122. The minimum atomic E-state index is 0.00271. The lowest BCUT2D eigenvalue weighted by Crippen LogP contribution is -2.34. The van der Waals surface area contributed by atoms with Gasteiger partial charge in [-0.25, -0.2) is 0 Å². The second-order valence-electron chi connectivity index (χ2n) is 5.13. The highest BCUT2D eigenvalue weighted by Gasteiger charge is 2.10. The number of likely N-dealkylation sites (N-methyl/N-ethyl adjacent to an activating group) is 1. The van der Waals surface area contributed by atoms with Gasteiger partial charge in [0.1, 0.15) is 12.4 Å². The molecule has 1 N–H and O–H groups in total. The molecule has 2 aromatic rings. The third-order valence-corrected chi connectivity index (χ3v) is 4.05. The molecular weight excluding hydrogens is 308 g/mol. The molecule has 0 spiro atoms. The third kappa shape index (κ3) is 5.78. The van der Waals surface area contributed by atoms with Crippen molar-refractivity contribution < 1.29 is 9.53 Å². The molecule has 0 aliphatic rings. The molecule has 0 fully saturated rings. The Morgan fingerprint density at radius 3 is 2.91 bits per heavy atom. The number of benzene rings is 1. The number of nitrogens with one attached hydrogen (secondary N) is 1. The monoisotopic (exact) mass is 328 g/mol. The van der Waals surface area contributed by atoms with Crippen LogP contribution in [-0.2, 0) is 17.9 Å². The van der Waals surface area contributed by atoms with Crippen LogP contribution in [0.2, 0.25) is 0 Å². The molecule has 2 rings (SSSR count). The number of ether oxygens (including phenoxy) is 1. The first-order valence-corrected chi connectivity index (χ1v) is 8.19. The van der Waals surface area contributed by atoms with Crippen molar-refractivity contribution in [3.05, 3.63) is 52.2 Å². The van der Waals surface area contributed by atoms with Crippen LogP contribution in [0.15, 0.2) is 41.8 Å². The van der Waals surface area contributed by atoms with Crippen LogP contribution in [-0.4, -0.2) is 31.0 Å². The molecule has 0 bridgehead atoms. The fourth-order valence-electron chi connectivity index (χ4n) is 2.14. The van der Waals surface area contributed by atoms with Crippen LogP contribution in [0.4, 0.5) is 0 Å². The number of hydrogen-bond donors (Lipinski definition) is 1. The molecule has 1 aromatic heterocycles. The van der Waals surface area contributed by atoms with E-state index in [9.17, 15) is 4.79 Å². The van der Waals surface area contributed by atoms with Crippen molar-refractivity contribution in [2.45, 2.75) is 13.1 Å². The molecule has 0 radical (unpaired) electrons. The highest BCUT2D eigenvalue weighted by molar-refractivity contribution is 7.09. The van der Waals surface area contributed by atoms with Crippen LogP contribution < -0.4 is 10.1 Å². The predicted molar refractivity (Wildman–Crippen MR) is 93.3 cm³/mol. The topological polar surface area (TPSA) is 41.6 Å². The summed E-state index contributed by atoms with van der Waals surface area (Å²) in [5.74, 6) is 3.22. The van der Waals surface area contributed by atoms with E-state index in [0.717, 1.165) is 16.2 Å². The highest BCUT2D eigenvalue weighted by atomic mass is 32.1. The summed E-state index contributed by atoms with van der Waals surface area (Å²) in [7, 11) is 1.91. The predicted octanol–water partition coefficient (Wildman–Crippen LogP) is 2.51. The molecule has 0 atom stereocenters. The zero-order valence-electron chi connectivity index (χ0n) is 13.1. The molecular formula is C18H20N2O2S. The van der Waals surface area contributed by atoms with Crippen molar-refractivity contribution in [1.82, 2.24) is 10.2 Å². The van der Waals surface area contributed by atoms with Crippen LogP contribution in [0.3, 0.4) is 0 Å². The number of hydrogen-bond acceptors (Lipinski definition) is 4. The number of thiophene rings is 1. The minimum Gasteiger partial charge on any atom is -0.481 e. The van der Waals surface area contributed by atoms with Gasteiger partial charge < -0.3 is 10.1 Å². The highest BCUT2D eigenvalue weighted by Crippen LogP contribution is 2.19. The van der Waals surface area contributed by atoms with Gasteiger partial charge in [-0.2, -0.15) is 0 Å². The van der Waals surface area contributed by atoms with Gasteiger partial charge in [0.2, 0.25) is 5.91 Å². The van der Waals surface area contributed by atoms with Crippen molar-refractivity contribution in [1.29, 1.82) is 0 Å². The molecule has 0 saturated heterocycles. The Morgan fingerprint density at radius 2 is 2.17 bits per heavy atom. The summed E-state index contributed by atoms with van der Waals surface area (Å²) < 4.78 is 5.53. The molecule has 5 heteroatoms. The van der Waals surface area contributed by atoms with Crippen molar-refractivity contribution >= 4 is 17.2 Å². The Balaban J connectivity index is 1.83. The van der Waals surface area contributed by atoms with E-state index in [1.54, 1.807) is 11.3 Å².